The zero-order valence-electron chi connectivity index (χ0n) is 11.0. The number of benzene rings is 1. The fourth-order valence-electron chi connectivity index (χ4n) is 2.73. The van der Waals surface area contributed by atoms with Crippen LogP contribution in [0.2, 0.25) is 0 Å². The number of ether oxygens (including phenoxy) is 1. The van der Waals surface area contributed by atoms with Gasteiger partial charge in [0.15, 0.2) is 0 Å². The summed E-state index contributed by atoms with van der Waals surface area (Å²) in [5.74, 6) is 0. The average Bonchev–Trinajstić information content (AvgIpc) is 2.46. The zero-order chi connectivity index (χ0) is 12.8. The van der Waals surface area contributed by atoms with E-state index in [2.05, 4.69) is 17.4 Å². The van der Waals surface area contributed by atoms with Crippen molar-refractivity contribution in [3.05, 3.63) is 35.9 Å². The molecule has 18 heavy (non-hydrogen) atoms. The smallest absolute Gasteiger partial charge is 0.0626 e. The standard InChI is InChI=1S/C15H23NO2/c1-18-14-9-5-8-13(10-14)16-15(11-17)12-6-3-2-4-7-12/h2-4,6-7,13-17H,5,8-11H2,1H3/t13?,14?,15-/m1/s1. The molecule has 1 saturated carbocycles. The van der Waals surface area contributed by atoms with Crippen LogP contribution >= 0.6 is 0 Å². The Labute approximate surface area is 109 Å². The molecule has 1 aliphatic rings. The predicted octanol–water partition coefficient (Wildman–Crippen LogP) is 2.27. The van der Waals surface area contributed by atoms with Gasteiger partial charge in [-0.2, -0.15) is 0 Å². The van der Waals surface area contributed by atoms with Crippen molar-refractivity contribution in [2.75, 3.05) is 13.7 Å². The number of nitrogens with one attached hydrogen (secondary N) is 1. The summed E-state index contributed by atoms with van der Waals surface area (Å²) in [5, 5.41) is 13.1. The molecular weight excluding hydrogens is 226 g/mol. The third-order valence-electron chi connectivity index (χ3n) is 3.78. The van der Waals surface area contributed by atoms with E-state index < -0.39 is 0 Å². The first-order chi connectivity index (χ1) is 8.83. The van der Waals surface area contributed by atoms with Gasteiger partial charge in [-0.1, -0.05) is 30.3 Å². The number of aliphatic hydroxyl groups excluding tert-OH is 1. The Balaban J connectivity index is 1.94. The Morgan fingerprint density at radius 1 is 1.33 bits per heavy atom. The fraction of sp³-hybridized carbons (Fsp3) is 0.600. The highest BCUT2D eigenvalue weighted by molar-refractivity contribution is 5.19. The van der Waals surface area contributed by atoms with Crippen LogP contribution in [0.1, 0.15) is 37.3 Å². The van der Waals surface area contributed by atoms with Crippen LogP contribution in [0.25, 0.3) is 0 Å². The lowest BCUT2D eigenvalue weighted by atomic mass is 9.91. The molecule has 2 unspecified atom stereocenters. The van der Waals surface area contributed by atoms with Crippen molar-refractivity contribution in [3.63, 3.8) is 0 Å². The van der Waals surface area contributed by atoms with Crippen LogP contribution < -0.4 is 5.32 Å². The molecule has 0 saturated heterocycles. The van der Waals surface area contributed by atoms with Gasteiger partial charge >= 0.3 is 0 Å². The summed E-state index contributed by atoms with van der Waals surface area (Å²) in [6.07, 6.45) is 4.93. The van der Waals surface area contributed by atoms with Gasteiger partial charge in [0.1, 0.15) is 0 Å². The highest BCUT2D eigenvalue weighted by Gasteiger charge is 2.24. The van der Waals surface area contributed by atoms with Crippen LogP contribution in [-0.4, -0.2) is 31.0 Å². The van der Waals surface area contributed by atoms with Gasteiger partial charge in [0.25, 0.3) is 0 Å². The van der Waals surface area contributed by atoms with Crippen molar-refractivity contribution in [1.82, 2.24) is 5.32 Å². The van der Waals surface area contributed by atoms with Crippen molar-refractivity contribution in [2.45, 2.75) is 43.9 Å². The van der Waals surface area contributed by atoms with Crippen molar-refractivity contribution in [1.29, 1.82) is 0 Å². The van der Waals surface area contributed by atoms with Crippen LogP contribution in [0.15, 0.2) is 30.3 Å². The minimum Gasteiger partial charge on any atom is -0.394 e. The van der Waals surface area contributed by atoms with E-state index >= 15 is 0 Å². The van der Waals surface area contributed by atoms with E-state index in [-0.39, 0.29) is 12.6 Å². The Hall–Kier alpha value is -0.900. The molecular formula is C15H23NO2. The molecule has 0 heterocycles. The van der Waals surface area contributed by atoms with Crippen LogP contribution in [-0.2, 0) is 4.74 Å². The molecule has 0 aromatic heterocycles. The Morgan fingerprint density at radius 3 is 2.78 bits per heavy atom. The summed E-state index contributed by atoms with van der Waals surface area (Å²) in [6.45, 7) is 0.137. The number of methoxy groups -OCH3 is 1. The SMILES string of the molecule is COC1CCCC(N[C@H](CO)c2ccccc2)C1. The maximum absolute atomic E-state index is 9.54. The molecule has 2 N–H and O–H groups in total. The first-order valence-corrected chi connectivity index (χ1v) is 6.78. The number of aliphatic hydroxyl groups is 1. The summed E-state index contributed by atoms with van der Waals surface area (Å²) in [7, 11) is 1.79. The Morgan fingerprint density at radius 2 is 2.11 bits per heavy atom. The average molecular weight is 249 g/mol. The normalized spacial score (nSPS) is 25.9. The monoisotopic (exact) mass is 249 g/mol. The second kappa shape index (κ2) is 6.88. The summed E-state index contributed by atoms with van der Waals surface area (Å²) in [6, 6.07) is 10.6. The Bertz CT molecular complexity index is 342. The summed E-state index contributed by atoms with van der Waals surface area (Å²) >= 11 is 0. The Kier molecular flexibility index (Phi) is 5.17. The van der Waals surface area contributed by atoms with Gasteiger partial charge in [-0.05, 0) is 31.2 Å². The maximum atomic E-state index is 9.54. The van der Waals surface area contributed by atoms with E-state index in [9.17, 15) is 5.11 Å². The molecule has 0 spiro atoms. The minimum atomic E-state index is 0.0341. The van der Waals surface area contributed by atoms with Gasteiger partial charge in [-0.3, -0.25) is 0 Å². The molecule has 0 amide bonds. The lowest BCUT2D eigenvalue weighted by Crippen LogP contribution is -2.40. The van der Waals surface area contributed by atoms with Gasteiger partial charge in [-0.15, -0.1) is 0 Å². The minimum absolute atomic E-state index is 0.0341. The summed E-state index contributed by atoms with van der Waals surface area (Å²) in [5.41, 5.74) is 1.15. The predicted molar refractivity (Wildman–Crippen MR) is 72.5 cm³/mol. The van der Waals surface area contributed by atoms with Crippen LogP contribution in [0.3, 0.4) is 0 Å². The topological polar surface area (TPSA) is 41.5 Å². The van der Waals surface area contributed by atoms with E-state index in [0.29, 0.717) is 12.1 Å². The van der Waals surface area contributed by atoms with Gasteiger partial charge in [0.2, 0.25) is 0 Å². The van der Waals surface area contributed by atoms with Gasteiger partial charge in [0.05, 0.1) is 18.8 Å². The van der Waals surface area contributed by atoms with Gasteiger partial charge in [0, 0.05) is 13.2 Å². The molecule has 0 aliphatic heterocycles. The number of hydrogen-bond acceptors (Lipinski definition) is 3. The number of rotatable bonds is 5. The van der Waals surface area contributed by atoms with E-state index in [0.717, 1.165) is 18.4 Å². The second-order valence-electron chi connectivity index (χ2n) is 5.03. The molecule has 1 aliphatic carbocycles. The third kappa shape index (κ3) is 3.55. The lowest BCUT2D eigenvalue weighted by molar-refractivity contribution is 0.0549. The molecule has 0 bridgehead atoms. The van der Waals surface area contributed by atoms with Crippen molar-refractivity contribution in [2.24, 2.45) is 0 Å². The molecule has 2 rings (SSSR count). The third-order valence-corrected chi connectivity index (χ3v) is 3.78. The van der Waals surface area contributed by atoms with Crippen molar-refractivity contribution < 1.29 is 9.84 Å². The number of hydrogen-bond donors (Lipinski definition) is 2. The van der Waals surface area contributed by atoms with Gasteiger partial charge in [-0.25, -0.2) is 0 Å². The molecule has 1 aromatic rings. The molecule has 100 valence electrons. The lowest BCUT2D eigenvalue weighted by Gasteiger charge is -2.31. The van der Waals surface area contributed by atoms with Crippen LogP contribution in [0.5, 0.6) is 0 Å². The maximum Gasteiger partial charge on any atom is 0.0626 e. The van der Waals surface area contributed by atoms with Crippen LogP contribution in [0, 0.1) is 0 Å². The summed E-state index contributed by atoms with van der Waals surface area (Å²) < 4.78 is 5.44. The highest BCUT2D eigenvalue weighted by atomic mass is 16.5. The first-order valence-electron chi connectivity index (χ1n) is 6.78. The molecule has 1 aromatic carbocycles. The van der Waals surface area contributed by atoms with E-state index in [1.165, 1.54) is 12.8 Å². The largest absolute Gasteiger partial charge is 0.394 e. The van der Waals surface area contributed by atoms with E-state index in [4.69, 9.17) is 4.74 Å². The fourth-order valence-corrected chi connectivity index (χ4v) is 2.73. The van der Waals surface area contributed by atoms with Crippen molar-refractivity contribution in [3.8, 4) is 0 Å². The second-order valence-corrected chi connectivity index (χ2v) is 5.03. The molecule has 3 nitrogen and oxygen atoms in total. The quantitative estimate of drug-likeness (QED) is 0.841. The van der Waals surface area contributed by atoms with E-state index in [1.807, 2.05) is 18.2 Å². The first kappa shape index (κ1) is 13.5. The molecule has 0 radical (unpaired) electrons. The van der Waals surface area contributed by atoms with Crippen LogP contribution in [0.4, 0.5) is 0 Å². The summed E-state index contributed by atoms with van der Waals surface area (Å²) in [4.78, 5) is 0. The highest BCUT2D eigenvalue weighted by Crippen LogP contribution is 2.23. The molecule has 1 fully saturated rings. The molecule has 3 heteroatoms. The van der Waals surface area contributed by atoms with E-state index in [1.54, 1.807) is 7.11 Å². The van der Waals surface area contributed by atoms with Gasteiger partial charge < -0.3 is 15.2 Å². The van der Waals surface area contributed by atoms with Crippen molar-refractivity contribution >= 4 is 0 Å². The zero-order valence-corrected chi connectivity index (χ0v) is 11.0. The molecule has 3 atom stereocenters.